The van der Waals surface area contributed by atoms with Crippen LogP contribution in [0.1, 0.15) is 18.2 Å². The number of aromatic nitrogens is 3. The van der Waals surface area contributed by atoms with E-state index in [1.165, 1.54) is 0 Å². The maximum atomic E-state index is 5.24. The van der Waals surface area contributed by atoms with Gasteiger partial charge < -0.3 is 4.74 Å². The van der Waals surface area contributed by atoms with Gasteiger partial charge >= 0.3 is 0 Å². The smallest absolute Gasteiger partial charge is 0.142 e. The third-order valence-corrected chi connectivity index (χ3v) is 2.41. The van der Waals surface area contributed by atoms with Crippen LogP contribution in [-0.4, -0.2) is 21.7 Å². The topological polar surface area (TPSA) is 39.4 Å². The molecule has 0 radical (unpaired) electrons. The van der Waals surface area contributed by atoms with E-state index in [2.05, 4.69) is 17.0 Å². The van der Waals surface area contributed by atoms with Gasteiger partial charge in [0.15, 0.2) is 0 Å². The minimum Gasteiger partial charge on any atom is -0.495 e. The monoisotopic (exact) mass is 191 g/mol. The second-order valence-corrected chi connectivity index (χ2v) is 3.18. The van der Waals surface area contributed by atoms with Crippen LogP contribution in [0.25, 0.3) is 5.52 Å². The molecule has 74 valence electrons. The Bertz CT molecular complexity index is 462. The third kappa shape index (κ3) is 1.14. The minimum atomic E-state index is 0.861. The van der Waals surface area contributed by atoms with E-state index in [4.69, 9.17) is 4.74 Å². The van der Waals surface area contributed by atoms with Crippen LogP contribution in [0, 0.1) is 6.92 Å². The lowest BCUT2D eigenvalue weighted by molar-refractivity contribution is 0.412. The van der Waals surface area contributed by atoms with Crippen LogP contribution >= 0.6 is 0 Å². The third-order valence-electron chi connectivity index (χ3n) is 2.41. The Kier molecular flexibility index (Phi) is 2.11. The largest absolute Gasteiger partial charge is 0.495 e. The highest BCUT2D eigenvalue weighted by atomic mass is 16.5. The molecule has 0 saturated heterocycles. The molecule has 0 aliphatic heterocycles. The van der Waals surface area contributed by atoms with E-state index >= 15 is 0 Å². The fourth-order valence-electron chi connectivity index (χ4n) is 1.68. The normalized spacial score (nSPS) is 10.8. The Morgan fingerprint density at radius 2 is 2.29 bits per heavy atom. The van der Waals surface area contributed by atoms with E-state index in [-0.39, 0.29) is 0 Å². The number of aryl methyl sites for hydroxylation is 2. The molecular weight excluding hydrogens is 178 g/mol. The molecule has 2 rings (SSSR count). The Labute approximate surface area is 82.5 Å². The van der Waals surface area contributed by atoms with Crippen molar-refractivity contribution in [1.29, 1.82) is 0 Å². The second-order valence-electron chi connectivity index (χ2n) is 3.18. The van der Waals surface area contributed by atoms with Crippen molar-refractivity contribution in [3.8, 4) is 5.75 Å². The van der Waals surface area contributed by atoms with Gasteiger partial charge in [-0.25, -0.2) is 9.50 Å². The zero-order valence-corrected chi connectivity index (χ0v) is 8.61. The molecule has 0 unspecified atom stereocenters. The molecule has 0 bridgehead atoms. The van der Waals surface area contributed by atoms with E-state index in [9.17, 15) is 0 Å². The lowest BCUT2D eigenvalue weighted by Crippen LogP contribution is -1.97. The summed E-state index contributed by atoms with van der Waals surface area (Å²) in [7, 11) is 1.67. The summed E-state index contributed by atoms with van der Waals surface area (Å²) in [4.78, 5) is 4.25. The van der Waals surface area contributed by atoms with Gasteiger partial charge in [0, 0.05) is 5.56 Å². The molecule has 14 heavy (non-hydrogen) atoms. The molecule has 0 aliphatic carbocycles. The molecule has 0 spiro atoms. The van der Waals surface area contributed by atoms with Gasteiger partial charge in [0.1, 0.15) is 12.1 Å². The van der Waals surface area contributed by atoms with Crippen LogP contribution in [0.15, 0.2) is 12.5 Å². The molecule has 0 aliphatic rings. The molecular formula is C10H13N3O. The van der Waals surface area contributed by atoms with Crippen LogP contribution in [0.3, 0.4) is 0 Å². The van der Waals surface area contributed by atoms with Crippen LogP contribution in [0.4, 0.5) is 0 Å². The second kappa shape index (κ2) is 3.29. The fraction of sp³-hybridized carbons (Fsp3) is 0.400. The number of hydrogen-bond donors (Lipinski definition) is 0. The lowest BCUT2D eigenvalue weighted by atomic mass is 10.2. The van der Waals surface area contributed by atoms with Crippen molar-refractivity contribution in [3.63, 3.8) is 0 Å². The molecule has 0 atom stereocenters. The van der Waals surface area contributed by atoms with Crippen molar-refractivity contribution in [2.24, 2.45) is 0 Å². The quantitative estimate of drug-likeness (QED) is 0.724. The zero-order chi connectivity index (χ0) is 10.1. The van der Waals surface area contributed by atoms with Gasteiger partial charge in [-0.2, -0.15) is 5.10 Å². The van der Waals surface area contributed by atoms with Gasteiger partial charge in [0.05, 0.1) is 24.5 Å². The van der Waals surface area contributed by atoms with Gasteiger partial charge in [0.25, 0.3) is 0 Å². The SMILES string of the molecule is CCc1ncnn2cc(OC)c(C)c12. The summed E-state index contributed by atoms with van der Waals surface area (Å²) in [5, 5.41) is 4.14. The molecule has 0 N–H and O–H groups in total. The Morgan fingerprint density at radius 1 is 1.50 bits per heavy atom. The molecule has 0 amide bonds. The predicted octanol–water partition coefficient (Wildman–Crippen LogP) is 1.61. The highest BCUT2D eigenvalue weighted by Crippen LogP contribution is 2.25. The minimum absolute atomic E-state index is 0.861. The van der Waals surface area contributed by atoms with Gasteiger partial charge in [-0.05, 0) is 13.3 Å². The first-order chi connectivity index (χ1) is 6.77. The summed E-state index contributed by atoms with van der Waals surface area (Å²) in [6.45, 7) is 4.11. The van der Waals surface area contributed by atoms with Crippen LogP contribution in [-0.2, 0) is 6.42 Å². The molecule has 0 aromatic carbocycles. The summed E-state index contributed by atoms with van der Waals surface area (Å²) >= 11 is 0. The van der Waals surface area contributed by atoms with Crippen LogP contribution < -0.4 is 4.74 Å². The fourth-order valence-corrected chi connectivity index (χ4v) is 1.68. The van der Waals surface area contributed by atoms with Gasteiger partial charge in [-0.15, -0.1) is 0 Å². The molecule has 2 heterocycles. The first-order valence-electron chi connectivity index (χ1n) is 4.63. The highest BCUT2D eigenvalue weighted by molar-refractivity contribution is 5.63. The van der Waals surface area contributed by atoms with Gasteiger partial charge in [-0.1, -0.05) is 6.92 Å². The zero-order valence-electron chi connectivity index (χ0n) is 8.61. The standard InChI is InChI=1S/C10H13N3O/c1-4-8-10-7(2)9(14-3)5-13(10)12-6-11-8/h5-6H,4H2,1-3H3. The van der Waals surface area contributed by atoms with E-state index in [0.717, 1.165) is 28.9 Å². The average molecular weight is 191 g/mol. The Hall–Kier alpha value is -1.58. The van der Waals surface area contributed by atoms with E-state index < -0.39 is 0 Å². The molecule has 4 nitrogen and oxygen atoms in total. The molecule has 0 saturated carbocycles. The first-order valence-corrected chi connectivity index (χ1v) is 4.63. The molecule has 0 fully saturated rings. The number of rotatable bonds is 2. The summed E-state index contributed by atoms with van der Waals surface area (Å²) in [5.41, 5.74) is 3.22. The number of nitrogens with zero attached hydrogens (tertiary/aromatic N) is 3. The predicted molar refractivity (Wildman–Crippen MR) is 53.7 cm³/mol. The number of hydrogen-bond acceptors (Lipinski definition) is 3. The van der Waals surface area contributed by atoms with E-state index in [1.807, 2.05) is 17.6 Å². The summed E-state index contributed by atoms with van der Waals surface area (Å²) in [5.74, 6) is 0.861. The maximum Gasteiger partial charge on any atom is 0.142 e. The van der Waals surface area contributed by atoms with Crippen molar-refractivity contribution < 1.29 is 4.74 Å². The van der Waals surface area contributed by atoms with Crippen molar-refractivity contribution in [3.05, 3.63) is 23.8 Å². The van der Waals surface area contributed by atoms with E-state index in [1.54, 1.807) is 13.4 Å². The van der Waals surface area contributed by atoms with Crippen LogP contribution in [0.2, 0.25) is 0 Å². The van der Waals surface area contributed by atoms with Crippen molar-refractivity contribution in [1.82, 2.24) is 14.6 Å². The van der Waals surface area contributed by atoms with Crippen molar-refractivity contribution in [2.45, 2.75) is 20.3 Å². The Balaban J connectivity index is 2.79. The molecule has 2 aromatic heterocycles. The van der Waals surface area contributed by atoms with Crippen LogP contribution in [0.5, 0.6) is 5.75 Å². The summed E-state index contributed by atoms with van der Waals surface area (Å²) in [6.07, 6.45) is 4.36. The highest BCUT2D eigenvalue weighted by Gasteiger charge is 2.11. The average Bonchev–Trinajstić information content (AvgIpc) is 2.55. The molecule has 4 heteroatoms. The van der Waals surface area contributed by atoms with Gasteiger partial charge in [0.2, 0.25) is 0 Å². The summed E-state index contributed by atoms with van der Waals surface area (Å²) in [6, 6.07) is 0. The number of fused-ring (bicyclic) bond motifs is 1. The first kappa shape index (κ1) is 8.99. The van der Waals surface area contributed by atoms with E-state index in [0.29, 0.717) is 0 Å². The number of ether oxygens (including phenoxy) is 1. The lowest BCUT2D eigenvalue weighted by Gasteiger charge is -2.00. The van der Waals surface area contributed by atoms with Crippen molar-refractivity contribution in [2.75, 3.05) is 7.11 Å². The maximum absolute atomic E-state index is 5.24. The number of methoxy groups -OCH3 is 1. The molecule has 2 aromatic rings. The summed E-state index contributed by atoms with van der Waals surface area (Å²) < 4.78 is 7.06. The van der Waals surface area contributed by atoms with Crippen molar-refractivity contribution >= 4 is 5.52 Å². The Morgan fingerprint density at radius 3 is 2.93 bits per heavy atom. The van der Waals surface area contributed by atoms with Gasteiger partial charge in [-0.3, -0.25) is 0 Å².